The van der Waals surface area contributed by atoms with Crippen molar-refractivity contribution in [2.75, 3.05) is 65.9 Å². The van der Waals surface area contributed by atoms with Crippen LogP contribution in [0.15, 0.2) is 78.9 Å². The van der Waals surface area contributed by atoms with Gasteiger partial charge in [-0.2, -0.15) is 0 Å². The number of nitro groups is 1. The van der Waals surface area contributed by atoms with Crippen molar-refractivity contribution < 1.29 is 42.9 Å². The first-order valence-corrected chi connectivity index (χ1v) is 14.4. The predicted octanol–water partition coefficient (Wildman–Crippen LogP) is 3.57. The van der Waals surface area contributed by atoms with Crippen LogP contribution in [0.4, 0.5) is 5.69 Å². The Balaban J connectivity index is 1.36. The molecule has 0 spiro atoms. The summed E-state index contributed by atoms with van der Waals surface area (Å²) in [6, 6.07) is 17.5. The van der Waals surface area contributed by atoms with Gasteiger partial charge in [-0.05, 0) is 54.6 Å². The molecule has 13 nitrogen and oxygen atoms in total. The van der Waals surface area contributed by atoms with Crippen molar-refractivity contribution in [3.8, 4) is 23.0 Å². The van der Waals surface area contributed by atoms with Crippen molar-refractivity contribution in [2.24, 2.45) is 0 Å². The largest absolute Gasteiger partial charge is 0.492 e. The average molecular weight is 622 g/mol. The Hall–Kier alpha value is -5.14. The third kappa shape index (κ3) is 11.5. The first kappa shape index (κ1) is 32.8. The quantitative estimate of drug-likeness (QED) is 0.234. The number of carbonyl (C=O) groups excluding carboxylic acids is 2. The highest BCUT2D eigenvalue weighted by molar-refractivity contribution is 6.00. The molecule has 4 heterocycles. The monoisotopic (exact) mass is 621 g/mol. The van der Waals surface area contributed by atoms with Crippen LogP contribution in [0.2, 0.25) is 0 Å². The van der Waals surface area contributed by atoms with Crippen molar-refractivity contribution in [1.82, 2.24) is 10.6 Å². The Labute approximate surface area is 260 Å². The summed E-state index contributed by atoms with van der Waals surface area (Å²) in [6.07, 6.45) is 3.76. The van der Waals surface area contributed by atoms with Gasteiger partial charge in [-0.3, -0.25) is 19.7 Å². The van der Waals surface area contributed by atoms with Crippen molar-refractivity contribution in [2.45, 2.75) is 0 Å². The number of non-ortho nitro benzene ring substituents is 1. The van der Waals surface area contributed by atoms with Gasteiger partial charge in [0.25, 0.3) is 17.5 Å². The van der Waals surface area contributed by atoms with E-state index in [0.29, 0.717) is 62.6 Å². The Morgan fingerprint density at radius 3 is 1.31 bits per heavy atom. The molecule has 6 bridgehead atoms. The third-order valence-corrected chi connectivity index (χ3v) is 6.20. The van der Waals surface area contributed by atoms with Gasteiger partial charge in [0, 0.05) is 23.3 Å². The second kappa shape index (κ2) is 17.9. The molecule has 4 aliphatic rings. The fourth-order valence-corrected chi connectivity index (χ4v) is 3.99. The van der Waals surface area contributed by atoms with E-state index in [-0.39, 0.29) is 43.1 Å². The number of nitro benzene ring substituents is 1. The maximum Gasteiger partial charge on any atom is 0.271 e. The summed E-state index contributed by atoms with van der Waals surface area (Å²) in [6.45, 7) is 3.02. The number of rotatable bonds is 1. The number of carbonyl (C=O) groups is 2. The van der Waals surface area contributed by atoms with Gasteiger partial charge < -0.3 is 39.1 Å². The molecule has 3 aromatic carbocycles. The van der Waals surface area contributed by atoms with Crippen LogP contribution in [0.5, 0.6) is 23.0 Å². The van der Waals surface area contributed by atoms with Gasteiger partial charge >= 0.3 is 0 Å². The molecule has 0 aliphatic carbocycles. The van der Waals surface area contributed by atoms with Gasteiger partial charge in [0.05, 0.1) is 44.4 Å². The van der Waals surface area contributed by atoms with Crippen LogP contribution < -0.4 is 29.6 Å². The van der Waals surface area contributed by atoms with Gasteiger partial charge in [-0.25, -0.2) is 0 Å². The number of hydrogen-bond acceptors (Lipinski definition) is 10. The average Bonchev–Trinajstić information content (AvgIpc) is 3.06. The maximum atomic E-state index is 12.7. The van der Waals surface area contributed by atoms with Crippen molar-refractivity contribution in [3.63, 3.8) is 0 Å². The van der Waals surface area contributed by atoms with Crippen LogP contribution in [-0.4, -0.2) is 82.7 Å². The summed E-state index contributed by atoms with van der Waals surface area (Å²) in [5, 5.41) is 16.8. The second-order valence-electron chi connectivity index (χ2n) is 9.50. The molecule has 0 aromatic heterocycles. The zero-order valence-corrected chi connectivity index (χ0v) is 24.6. The molecule has 0 fully saturated rings. The summed E-state index contributed by atoms with van der Waals surface area (Å²) >= 11 is 0. The van der Waals surface area contributed by atoms with Gasteiger partial charge in [-0.15, -0.1) is 0 Å². The zero-order chi connectivity index (χ0) is 31.7. The van der Waals surface area contributed by atoms with E-state index < -0.39 is 16.7 Å². The van der Waals surface area contributed by atoms with Crippen LogP contribution in [0, 0.1) is 10.1 Å². The molecular formula is C32H35N3O10. The van der Waals surface area contributed by atoms with Gasteiger partial charge in [0.1, 0.15) is 49.4 Å². The second-order valence-corrected chi connectivity index (χ2v) is 9.50. The van der Waals surface area contributed by atoms with E-state index in [1.54, 1.807) is 48.5 Å². The van der Waals surface area contributed by atoms with E-state index in [4.69, 9.17) is 28.4 Å². The minimum absolute atomic E-state index is 0.0254. The normalized spacial score (nSPS) is 16.9. The molecular weight excluding hydrogens is 586 g/mol. The molecule has 13 heteroatoms. The molecule has 0 saturated carbocycles. The summed E-state index contributed by atoms with van der Waals surface area (Å²) < 4.78 is 33.7. The summed E-state index contributed by atoms with van der Waals surface area (Å²) in [5.74, 6) is 1.29. The summed E-state index contributed by atoms with van der Waals surface area (Å²) in [7, 11) is 0. The lowest BCUT2D eigenvalue weighted by molar-refractivity contribution is -0.384. The molecule has 45 heavy (non-hydrogen) atoms. The first-order valence-electron chi connectivity index (χ1n) is 14.4. The lowest BCUT2D eigenvalue weighted by atomic mass is 10.1. The van der Waals surface area contributed by atoms with Crippen LogP contribution in [0.1, 0.15) is 20.7 Å². The summed E-state index contributed by atoms with van der Waals surface area (Å²) in [4.78, 5) is 36.3. The Morgan fingerprint density at radius 2 is 0.933 bits per heavy atom. The van der Waals surface area contributed by atoms with E-state index >= 15 is 0 Å². The molecule has 0 unspecified atom stereocenters. The van der Waals surface area contributed by atoms with Crippen molar-refractivity contribution in [1.29, 1.82) is 0 Å². The maximum absolute atomic E-state index is 12.7. The summed E-state index contributed by atoms with van der Waals surface area (Å²) in [5.41, 5.74) is -0.433. The smallest absolute Gasteiger partial charge is 0.271 e. The number of benzene rings is 3. The molecule has 4 aliphatic heterocycles. The highest BCUT2D eigenvalue weighted by Crippen LogP contribution is 2.20. The number of hydrogen-bond donors (Lipinski definition) is 2. The third-order valence-electron chi connectivity index (χ3n) is 6.20. The molecule has 2 amide bonds. The van der Waals surface area contributed by atoms with Crippen LogP contribution in [-0.2, 0) is 9.47 Å². The molecule has 0 saturated heterocycles. The lowest BCUT2D eigenvalue weighted by Gasteiger charge is -2.11. The van der Waals surface area contributed by atoms with E-state index in [9.17, 15) is 19.7 Å². The van der Waals surface area contributed by atoms with Crippen LogP contribution in [0.3, 0.4) is 0 Å². The van der Waals surface area contributed by atoms with Gasteiger partial charge in [0.15, 0.2) is 0 Å². The highest BCUT2D eigenvalue weighted by Gasteiger charge is 2.18. The topological polar surface area (TPSA) is 157 Å². The SMILES string of the molecule is O=C1NCCOc2ccc(cc2)OCCOC/C=C/COCCOc2ccc(cc2)OCCNC(=O)c2cc1cc([N+](=O)[O-])c2. The zero-order valence-electron chi connectivity index (χ0n) is 24.6. The van der Waals surface area contributed by atoms with E-state index in [1.807, 2.05) is 12.2 Å². The Kier molecular flexibility index (Phi) is 13.0. The molecule has 0 atom stereocenters. The fraction of sp³-hybridized carbons (Fsp3) is 0.312. The number of amides is 2. The highest BCUT2D eigenvalue weighted by atomic mass is 16.6. The molecule has 0 radical (unpaired) electrons. The first-order chi connectivity index (χ1) is 22.0. The minimum atomic E-state index is -0.659. The van der Waals surface area contributed by atoms with E-state index in [0.717, 1.165) is 12.1 Å². The fourth-order valence-electron chi connectivity index (χ4n) is 3.99. The predicted molar refractivity (Wildman–Crippen MR) is 163 cm³/mol. The van der Waals surface area contributed by atoms with Crippen LogP contribution >= 0.6 is 0 Å². The Morgan fingerprint density at radius 1 is 0.556 bits per heavy atom. The number of ether oxygens (including phenoxy) is 6. The van der Waals surface area contributed by atoms with Crippen molar-refractivity contribution in [3.05, 3.63) is 100 Å². The molecule has 7 rings (SSSR count). The van der Waals surface area contributed by atoms with E-state index in [2.05, 4.69) is 10.6 Å². The molecule has 3 aromatic rings. The van der Waals surface area contributed by atoms with Crippen LogP contribution in [0.25, 0.3) is 0 Å². The van der Waals surface area contributed by atoms with Crippen molar-refractivity contribution >= 4 is 17.5 Å². The molecule has 2 N–H and O–H groups in total. The number of nitrogens with zero attached hydrogens (tertiary/aromatic N) is 1. The molecule has 238 valence electrons. The van der Waals surface area contributed by atoms with Gasteiger partial charge in [0.2, 0.25) is 0 Å². The lowest BCUT2D eigenvalue weighted by Crippen LogP contribution is -2.30. The minimum Gasteiger partial charge on any atom is -0.492 e. The Bertz CT molecular complexity index is 1330. The number of nitrogens with one attached hydrogen (secondary N) is 2. The van der Waals surface area contributed by atoms with Gasteiger partial charge in [-0.1, -0.05) is 12.2 Å². The standard InChI is InChI=1S/C32H35N3O10/c36-31-24-21-25(23-26(22-24)35(38)39)32(37)34-12-16-43-28-5-9-30(10-6-28)45-20-18-41-14-2-1-13-40-17-19-44-29-7-3-27(4-8-29)42-15-11-33-31/h1-10,21-23H,11-20H2,(H,33,36)(H,34,37)/b2-1+. The van der Waals surface area contributed by atoms with E-state index in [1.165, 1.54) is 6.07 Å².